The summed E-state index contributed by atoms with van der Waals surface area (Å²) in [6, 6.07) is 4.23. The Balaban J connectivity index is 0.000001000. The maximum absolute atomic E-state index is 12.5. The lowest BCUT2D eigenvalue weighted by Crippen LogP contribution is -1.91. The van der Waals surface area contributed by atoms with Crippen LogP contribution in [-0.2, 0) is 0 Å². The normalized spacial score (nSPS) is 8.55. The third-order valence-corrected chi connectivity index (χ3v) is 1.20. The van der Waals surface area contributed by atoms with Gasteiger partial charge in [-0.3, -0.25) is 0 Å². The summed E-state index contributed by atoms with van der Waals surface area (Å²) in [5.41, 5.74) is 5.35. The van der Waals surface area contributed by atoms with E-state index >= 15 is 0 Å². The molecule has 0 aliphatic heterocycles. The van der Waals surface area contributed by atoms with Gasteiger partial charge in [-0.25, -0.2) is 4.39 Å². The van der Waals surface area contributed by atoms with E-state index in [4.69, 9.17) is 10.5 Å². The fourth-order valence-corrected chi connectivity index (χ4v) is 0.649. The second-order valence-electron chi connectivity index (χ2n) is 1.89. The summed E-state index contributed by atoms with van der Waals surface area (Å²) in [6.07, 6.45) is 0. The van der Waals surface area contributed by atoms with Crippen molar-refractivity contribution in [3.63, 3.8) is 0 Å². The van der Waals surface area contributed by atoms with E-state index < -0.39 is 5.82 Å². The molecule has 4 heteroatoms. The van der Waals surface area contributed by atoms with Gasteiger partial charge in [0.1, 0.15) is 11.6 Å². The van der Waals surface area contributed by atoms with Crippen molar-refractivity contribution in [2.24, 2.45) is 0 Å². The number of ether oxygens (including phenoxy) is 1. The topological polar surface area (TPSA) is 35.2 Å². The summed E-state index contributed by atoms with van der Waals surface area (Å²) in [5.74, 6) is 0.153. The number of nitrogens with two attached hydrogens (primary N) is 1. The average molecular weight is 178 g/mol. The molecular weight excluding hydrogens is 169 g/mol. The van der Waals surface area contributed by atoms with Gasteiger partial charge in [-0.2, -0.15) is 0 Å². The zero-order valence-corrected chi connectivity index (χ0v) is 6.82. The third-order valence-electron chi connectivity index (χ3n) is 1.20. The van der Waals surface area contributed by atoms with Crippen LogP contribution in [0.1, 0.15) is 0 Å². The molecule has 0 saturated heterocycles. The fraction of sp³-hybridized carbons (Fsp3) is 0.143. The SMILES string of the molecule is COc1ccc(F)c(N)c1.Cl. The molecule has 0 spiro atoms. The summed E-state index contributed by atoms with van der Waals surface area (Å²) < 4.78 is 17.3. The van der Waals surface area contributed by atoms with Crippen molar-refractivity contribution < 1.29 is 9.13 Å². The number of hydrogen-bond acceptors (Lipinski definition) is 2. The number of anilines is 1. The van der Waals surface area contributed by atoms with Crippen LogP contribution in [0, 0.1) is 5.82 Å². The van der Waals surface area contributed by atoms with Crippen LogP contribution in [0.4, 0.5) is 10.1 Å². The third kappa shape index (κ3) is 2.27. The van der Waals surface area contributed by atoms with Gasteiger partial charge in [0.05, 0.1) is 12.8 Å². The van der Waals surface area contributed by atoms with Crippen LogP contribution in [0.5, 0.6) is 5.75 Å². The molecular formula is C7H9ClFNO. The standard InChI is InChI=1S/C7H8FNO.ClH/c1-10-5-2-3-6(8)7(9)4-5;/h2-4H,9H2,1H3;1H. The van der Waals surface area contributed by atoms with Crippen LogP contribution >= 0.6 is 12.4 Å². The van der Waals surface area contributed by atoms with Crippen LogP contribution < -0.4 is 10.5 Å². The zero-order valence-electron chi connectivity index (χ0n) is 6.00. The molecule has 1 aromatic rings. The van der Waals surface area contributed by atoms with Crippen LogP contribution in [0.25, 0.3) is 0 Å². The van der Waals surface area contributed by atoms with Crippen LogP contribution in [0.2, 0.25) is 0 Å². The zero-order chi connectivity index (χ0) is 7.56. The van der Waals surface area contributed by atoms with Crippen molar-refractivity contribution >= 4 is 18.1 Å². The Labute approximate surface area is 70.6 Å². The minimum atomic E-state index is -0.416. The molecule has 0 heterocycles. The van der Waals surface area contributed by atoms with Gasteiger partial charge in [0.25, 0.3) is 0 Å². The van der Waals surface area contributed by atoms with E-state index in [9.17, 15) is 4.39 Å². The van der Waals surface area contributed by atoms with Crippen molar-refractivity contribution in [1.29, 1.82) is 0 Å². The van der Waals surface area contributed by atoms with Crippen molar-refractivity contribution in [3.8, 4) is 5.75 Å². The second-order valence-corrected chi connectivity index (χ2v) is 1.89. The Kier molecular flexibility index (Phi) is 3.68. The molecule has 0 radical (unpaired) electrons. The van der Waals surface area contributed by atoms with Gasteiger partial charge in [-0.1, -0.05) is 0 Å². The largest absolute Gasteiger partial charge is 0.497 e. The van der Waals surface area contributed by atoms with Gasteiger partial charge >= 0.3 is 0 Å². The number of nitrogen functional groups attached to an aromatic ring is 1. The second kappa shape index (κ2) is 4.03. The Morgan fingerprint density at radius 2 is 2.09 bits per heavy atom. The molecule has 62 valence electrons. The lowest BCUT2D eigenvalue weighted by Gasteiger charge is -2.00. The van der Waals surface area contributed by atoms with E-state index in [2.05, 4.69) is 0 Å². The first-order valence-electron chi connectivity index (χ1n) is 2.83. The van der Waals surface area contributed by atoms with E-state index in [1.54, 1.807) is 0 Å². The highest BCUT2D eigenvalue weighted by molar-refractivity contribution is 5.85. The Morgan fingerprint density at radius 1 is 1.45 bits per heavy atom. The first kappa shape index (κ1) is 10.0. The van der Waals surface area contributed by atoms with Gasteiger partial charge in [0.2, 0.25) is 0 Å². The maximum Gasteiger partial charge on any atom is 0.146 e. The van der Waals surface area contributed by atoms with E-state index in [1.807, 2.05) is 0 Å². The molecule has 0 amide bonds. The van der Waals surface area contributed by atoms with Gasteiger partial charge in [-0.05, 0) is 12.1 Å². The highest BCUT2D eigenvalue weighted by Gasteiger charge is 1.97. The van der Waals surface area contributed by atoms with E-state index in [0.29, 0.717) is 5.75 Å². The molecule has 0 saturated carbocycles. The Bertz CT molecular complexity index is 242. The summed E-state index contributed by atoms with van der Waals surface area (Å²) >= 11 is 0. The van der Waals surface area contributed by atoms with Crippen LogP contribution in [0.15, 0.2) is 18.2 Å². The smallest absolute Gasteiger partial charge is 0.146 e. The summed E-state index contributed by atoms with van der Waals surface area (Å²) in [5, 5.41) is 0. The van der Waals surface area contributed by atoms with Crippen molar-refractivity contribution in [3.05, 3.63) is 24.0 Å². The maximum atomic E-state index is 12.5. The number of rotatable bonds is 1. The quantitative estimate of drug-likeness (QED) is 0.665. The number of hydrogen-bond donors (Lipinski definition) is 1. The highest BCUT2D eigenvalue weighted by Crippen LogP contribution is 2.17. The van der Waals surface area contributed by atoms with Crippen molar-refractivity contribution in [1.82, 2.24) is 0 Å². The highest BCUT2D eigenvalue weighted by atomic mass is 35.5. The molecule has 0 bridgehead atoms. The van der Waals surface area contributed by atoms with E-state index in [-0.39, 0.29) is 18.1 Å². The van der Waals surface area contributed by atoms with Crippen LogP contribution in [-0.4, -0.2) is 7.11 Å². The lowest BCUT2D eigenvalue weighted by atomic mass is 10.3. The summed E-state index contributed by atoms with van der Waals surface area (Å²) in [6.45, 7) is 0. The van der Waals surface area contributed by atoms with Crippen molar-refractivity contribution in [2.45, 2.75) is 0 Å². The van der Waals surface area contributed by atoms with Gasteiger partial charge in [0.15, 0.2) is 0 Å². The molecule has 0 fully saturated rings. The molecule has 0 atom stereocenters. The Hall–Kier alpha value is -0.960. The molecule has 0 aliphatic carbocycles. The summed E-state index contributed by atoms with van der Waals surface area (Å²) in [7, 11) is 1.51. The molecule has 0 aliphatic rings. The minimum Gasteiger partial charge on any atom is -0.497 e. The molecule has 1 rings (SSSR count). The van der Waals surface area contributed by atoms with Gasteiger partial charge in [0, 0.05) is 6.07 Å². The van der Waals surface area contributed by atoms with E-state index in [0.717, 1.165) is 0 Å². The average Bonchev–Trinajstić information content (AvgIpc) is 1.95. The predicted molar refractivity (Wildman–Crippen MR) is 44.6 cm³/mol. The lowest BCUT2D eigenvalue weighted by molar-refractivity contribution is 0.414. The van der Waals surface area contributed by atoms with Crippen molar-refractivity contribution in [2.75, 3.05) is 12.8 Å². The molecule has 2 nitrogen and oxygen atoms in total. The molecule has 2 N–H and O–H groups in total. The van der Waals surface area contributed by atoms with Crippen LogP contribution in [0.3, 0.4) is 0 Å². The Morgan fingerprint density at radius 3 is 2.55 bits per heavy atom. The van der Waals surface area contributed by atoms with Gasteiger partial charge in [-0.15, -0.1) is 12.4 Å². The minimum absolute atomic E-state index is 0. The number of halogens is 2. The predicted octanol–water partition coefficient (Wildman–Crippen LogP) is 1.84. The first-order chi connectivity index (χ1) is 4.74. The fourth-order valence-electron chi connectivity index (χ4n) is 0.649. The molecule has 1 aromatic carbocycles. The molecule has 0 aromatic heterocycles. The monoisotopic (exact) mass is 177 g/mol. The van der Waals surface area contributed by atoms with Gasteiger partial charge < -0.3 is 10.5 Å². The first-order valence-corrected chi connectivity index (χ1v) is 2.83. The summed E-state index contributed by atoms with van der Waals surface area (Å²) in [4.78, 5) is 0. The van der Waals surface area contributed by atoms with E-state index in [1.165, 1.54) is 25.3 Å². The molecule has 11 heavy (non-hydrogen) atoms. The number of benzene rings is 1. The number of methoxy groups -OCH3 is 1. The molecule has 0 unspecified atom stereocenters.